The van der Waals surface area contributed by atoms with Crippen LogP contribution < -0.4 is 10.6 Å². The molecule has 8 nitrogen and oxygen atoms in total. The molecular weight excluding hydrogens is 436 g/mol. The number of nitrogens with one attached hydrogen (secondary N) is 2. The summed E-state index contributed by atoms with van der Waals surface area (Å²) in [6.45, 7) is 0.346. The first kappa shape index (κ1) is 23.8. The van der Waals surface area contributed by atoms with Gasteiger partial charge in [0.1, 0.15) is 13.2 Å². The largest absolute Gasteiger partial charge is 0.480 e. The highest BCUT2D eigenvalue weighted by Crippen LogP contribution is 2.44. The smallest absolute Gasteiger partial charge is 0.407 e. The lowest BCUT2D eigenvalue weighted by Crippen LogP contribution is -2.34. The Morgan fingerprint density at radius 3 is 2.32 bits per heavy atom. The van der Waals surface area contributed by atoms with Gasteiger partial charge < -0.3 is 25.2 Å². The number of carboxylic acid groups (broad SMARTS) is 1. The highest BCUT2D eigenvalue weighted by molar-refractivity contribution is 5.79. The van der Waals surface area contributed by atoms with Crippen LogP contribution in [0.25, 0.3) is 11.1 Å². The SMILES string of the molecule is O=C(O)COCCNC(=O)C[C@H]1CC[C@@H](NC(=O)OCC2c3ccccc3-c3ccccc32)C1. The summed E-state index contributed by atoms with van der Waals surface area (Å²) in [6.07, 6.45) is 2.35. The number of fused-ring (bicyclic) bond motifs is 3. The van der Waals surface area contributed by atoms with Crippen molar-refractivity contribution in [3.8, 4) is 11.1 Å². The molecule has 0 aliphatic heterocycles. The van der Waals surface area contributed by atoms with Gasteiger partial charge in [0, 0.05) is 24.9 Å². The van der Waals surface area contributed by atoms with E-state index in [2.05, 4.69) is 34.9 Å². The van der Waals surface area contributed by atoms with Crippen LogP contribution in [-0.2, 0) is 19.1 Å². The van der Waals surface area contributed by atoms with Crippen molar-refractivity contribution >= 4 is 18.0 Å². The number of carboxylic acids is 1. The summed E-state index contributed by atoms with van der Waals surface area (Å²) in [6, 6.07) is 16.4. The number of rotatable bonds is 10. The quantitative estimate of drug-likeness (QED) is 0.463. The second kappa shape index (κ2) is 11.2. The molecule has 3 N–H and O–H groups in total. The van der Waals surface area contributed by atoms with E-state index >= 15 is 0 Å². The Hall–Kier alpha value is -3.39. The molecule has 180 valence electrons. The van der Waals surface area contributed by atoms with Gasteiger partial charge in [0.2, 0.25) is 5.91 Å². The van der Waals surface area contributed by atoms with Gasteiger partial charge in [-0.25, -0.2) is 9.59 Å². The van der Waals surface area contributed by atoms with Crippen LogP contribution in [-0.4, -0.2) is 55.5 Å². The number of alkyl carbamates (subject to hydrolysis) is 1. The average molecular weight is 467 g/mol. The van der Waals surface area contributed by atoms with E-state index in [4.69, 9.17) is 14.6 Å². The van der Waals surface area contributed by atoms with E-state index in [1.54, 1.807) is 0 Å². The molecule has 0 spiro atoms. The van der Waals surface area contributed by atoms with Crippen molar-refractivity contribution in [2.45, 2.75) is 37.6 Å². The van der Waals surface area contributed by atoms with E-state index in [9.17, 15) is 14.4 Å². The zero-order chi connectivity index (χ0) is 23.9. The first-order valence-electron chi connectivity index (χ1n) is 11.7. The molecule has 0 aromatic heterocycles. The molecule has 34 heavy (non-hydrogen) atoms. The van der Waals surface area contributed by atoms with Crippen LogP contribution in [0.5, 0.6) is 0 Å². The lowest BCUT2D eigenvalue weighted by atomic mass is 9.98. The van der Waals surface area contributed by atoms with Crippen molar-refractivity contribution in [1.29, 1.82) is 0 Å². The Morgan fingerprint density at radius 2 is 1.65 bits per heavy atom. The van der Waals surface area contributed by atoms with Crippen molar-refractivity contribution in [3.63, 3.8) is 0 Å². The van der Waals surface area contributed by atoms with Gasteiger partial charge >= 0.3 is 12.1 Å². The Bertz CT molecular complexity index is 994. The fraction of sp³-hybridized carbons (Fsp3) is 0.423. The minimum atomic E-state index is -1.03. The number of hydrogen-bond donors (Lipinski definition) is 3. The summed E-state index contributed by atoms with van der Waals surface area (Å²) in [7, 11) is 0. The zero-order valence-electron chi connectivity index (χ0n) is 19.0. The molecule has 1 saturated carbocycles. The van der Waals surface area contributed by atoms with E-state index in [1.165, 1.54) is 22.3 Å². The van der Waals surface area contributed by atoms with Crippen LogP contribution in [0.4, 0.5) is 4.79 Å². The third-order valence-corrected chi connectivity index (χ3v) is 6.48. The van der Waals surface area contributed by atoms with Gasteiger partial charge in [-0.2, -0.15) is 0 Å². The van der Waals surface area contributed by atoms with Gasteiger partial charge in [0.25, 0.3) is 0 Å². The van der Waals surface area contributed by atoms with Crippen molar-refractivity contribution < 1.29 is 29.0 Å². The molecule has 0 unspecified atom stereocenters. The second-order valence-corrected chi connectivity index (χ2v) is 8.85. The fourth-order valence-electron chi connectivity index (χ4n) is 4.95. The van der Waals surface area contributed by atoms with Crippen LogP contribution in [0.3, 0.4) is 0 Å². The van der Waals surface area contributed by atoms with Gasteiger partial charge in [-0.15, -0.1) is 0 Å². The Morgan fingerprint density at radius 1 is 0.971 bits per heavy atom. The molecule has 8 heteroatoms. The molecule has 0 heterocycles. The normalized spacial score (nSPS) is 18.7. The second-order valence-electron chi connectivity index (χ2n) is 8.85. The molecule has 2 aromatic rings. The number of benzene rings is 2. The van der Waals surface area contributed by atoms with Crippen LogP contribution in [0, 0.1) is 5.92 Å². The molecule has 0 radical (unpaired) electrons. The van der Waals surface area contributed by atoms with Crippen molar-refractivity contribution in [3.05, 3.63) is 59.7 Å². The maximum Gasteiger partial charge on any atom is 0.407 e. The molecule has 4 rings (SSSR count). The molecule has 2 aliphatic rings. The van der Waals surface area contributed by atoms with E-state index in [1.807, 2.05) is 24.3 Å². The third-order valence-electron chi connectivity index (χ3n) is 6.48. The summed E-state index contributed by atoms with van der Waals surface area (Å²) in [4.78, 5) is 35.0. The monoisotopic (exact) mass is 466 g/mol. The van der Waals surface area contributed by atoms with E-state index in [0.717, 1.165) is 19.3 Å². The van der Waals surface area contributed by atoms with Gasteiger partial charge in [0.15, 0.2) is 0 Å². The summed E-state index contributed by atoms with van der Waals surface area (Å²) in [5, 5.41) is 14.2. The lowest BCUT2D eigenvalue weighted by Gasteiger charge is -2.17. The first-order valence-corrected chi connectivity index (χ1v) is 11.7. The molecule has 0 bridgehead atoms. The average Bonchev–Trinajstić information content (AvgIpc) is 3.39. The van der Waals surface area contributed by atoms with Gasteiger partial charge in [0.05, 0.1) is 6.61 Å². The number of hydrogen-bond acceptors (Lipinski definition) is 5. The molecule has 2 aliphatic carbocycles. The number of aliphatic carboxylic acids is 1. The van der Waals surface area contributed by atoms with Gasteiger partial charge in [-0.3, -0.25) is 4.79 Å². The first-order chi connectivity index (χ1) is 16.5. The molecule has 2 aromatic carbocycles. The summed E-state index contributed by atoms with van der Waals surface area (Å²) in [5.41, 5.74) is 4.74. The molecule has 2 atom stereocenters. The lowest BCUT2D eigenvalue weighted by molar-refractivity contribution is -0.142. The topological polar surface area (TPSA) is 114 Å². The van der Waals surface area contributed by atoms with Gasteiger partial charge in [-0.1, -0.05) is 48.5 Å². The Balaban J connectivity index is 1.19. The number of carbonyl (C=O) groups is 3. The molecule has 1 fully saturated rings. The molecule has 2 amide bonds. The Kier molecular flexibility index (Phi) is 7.80. The van der Waals surface area contributed by atoms with Crippen LogP contribution in [0.2, 0.25) is 0 Å². The van der Waals surface area contributed by atoms with E-state index in [-0.39, 0.29) is 50.2 Å². The highest BCUT2D eigenvalue weighted by Gasteiger charge is 2.31. The van der Waals surface area contributed by atoms with E-state index < -0.39 is 12.1 Å². The predicted octanol–water partition coefficient (Wildman–Crippen LogP) is 3.30. The predicted molar refractivity (Wildman–Crippen MR) is 125 cm³/mol. The number of carbonyl (C=O) groups excluding carboxylic acids is 2. The summed E-state index contributed by atoms with van der Waals surface area (Å²) in [5.74, 6) is -0.908. The van der Waals surface area contributed by atoms with E-state index in [0.29, 0.717) is 6.42 Å². The number of ether oxygens (including phenoxy) is 2. The summed E-state index contributed by atoms with van der Waals surface area (Å²) >= 11 is 0. The highest BCUT2D eigenvalue weighted by atomic mass is 16.5. The number of amides is 2. The maximum atomic E-state index is 12.5. The van der Waals surface area contributed by atoms with Crippen molar-refractivity contribution in [1.82, 2.24) is 10.6 Å². The molecule has 0 saturated heterocycles. The van der Waals surface area contributed by atoms with Crippen molar-refractivity contribution in [2.24, 2.45) is 5.92 Å². The Labute approximate surface area is 198 Å². The fourth-order valence-corrected chi connectivity index (χ4v) is 4.95. The van der Waals surface area contributed by atoms with Crippen LogP contribution >= 0.6 is 0 Å². The zero-order valence-corrected chi connectivity index (χ0v) is 19.0. The van der Waals surface area contributed by atoms with Crippen molar-refractivity contribution in [2.75, 3.05) is 26.4 Å². The minimum absolute atomic E-state index is 0.00708. The van der Waals surface area contributed by atoms with Crippen LogP contribution in [0.15, 0.2) is 48.5 Å². The third kappa shape index (κ3) is 5.94. The standard InChI is InChI=1S/C26H30N2O6/c29-24(27-11-12-33-16-25(30)31)14-17-9-10-18(13-17)28-26(32)34-15-23-21-7-3-1-5-19(21)20-6-2-4-8-22(20)23/h1-8,17-18,23H,9-16H2,(H,27,29)(H,28,32)(H,30,31)/t17-,18+/m0/s1. The van der Waals surface area contributed by atoms with Crippen LogP contribution in [0.1, 0.15) is 42.7 Å². The molecular formula is C26H30N2O6. The minimum Gasteiger partial charge on any atom is -0.480 e. The summed E-state index contributed by atoms with van der Waals surface area (Å²) < 4.78 is 10.5. The van der Waals surface area contributed by atoms with Gasteiger partial charge in [-0.05, 0) is 47.4 Å². The maximum absolute atomic E-state index is 12.5.